The maximum absolute atomic E-state index is 4.60. The quantitative estimate of drug-likeness (QED) is 0.241. The van der Waals surface area contributed by atoms with Crippen molar-refractivity contribution in [2.75, 3.05) is 77.9 Å². The van der Waals surface area contributed by atoms with Gasteiger partial charge >= 0.3 is 0 Å². The van der Waals surface area contributed by atoms with Crippen LogP contribution in [-0.2, 0) is 0 Å². The van der Waals surface area contributed by atoms with Gasteiger partial charge in [-0.1, -0.05) is 25.8 Å². The first-order chi connectivity index (χ1) is 20.5. The van der Waals surface area contributed by atoms with Crippen molar-refractivity contribution in [3.05, 3.63) is 54.9 Å². The van der Waals surface area contributed by atoms with Crippen LogP contribution in [0.4, 0.5) is 5.69 Å². The number of benzene rings is 1. The molecule has 9 heteroatoms. The van der Waals surface area contributed by atoms with Gasteiger partial charge in [0.15, 0.2) is 0 Å². The summed E-state index contributed by atoms with van der Waals surface area (Å²) in [6, 6.07) is 11.6. The Morgan fingerprint density at radius 1 is 0.810 bits per heavy atom. The Bertz CT molecular complexity index is 1050. The first-order valence-corrected chi connectivity index (χ1v) is 17.8. The zero-order valence-electron chi connectivity index (χ0n) is 26.1. The first-order valence-electron chi connectivity index (χ1n) is 16.3. The van der Waals surface area contributed by atoms with Crippen LogP contribution in [0.25, 0.3) is 0 Å². The highest BCUT2D eigenvalue weighted by Gasteiger charge is 2.25. The lowest BCUT2D eigenvalue weighted by atomic mass is 9.89. The van der Waals surface area contributed by atoms with Gasteiger partial charge in [-0.15, -0.1) is 0 Å². The van der Waals surface area contributed by atoms with Gasteiger partial charge in [0.2, 0.25) is 0 Å². The maximum Gasteiger partial charge on any atom is 0.0544 e. The van der Waals surface area contributed by atoms with Gasteiger partial charge in [0.25, 0.3) is 0 Å². The summed E-state index contributed by atoms with van der Waals surface area (Å²) in [5.74, 6) is 0.897. The summed E-state index contributed by atoms with van der Waals surface area (Å²) in [4.78, 5) is 6.28. The van der Waals surface area contributed by atoms with Crippen LogP contribution >= 0.6 is 24.1 Å². The summed E-state index contributed by atoms with van der Waals surface area (Å²) in [5.41, 5.74) is 2.56. The molecule has 2 saturated heterocycles. The number of hydrogen-bond donors (Lipinski definition) is 0. The van der Waals surface area contributed by atoms with Crippen molar-refractivity contribution < 1.29 is 0 Å². The van der Waals surface area contributed by atoms with Crippen molar-refractivity contribution in [3.63, 3.8) is 0 Å². The molecule has 232 valence electrons. The SMILES string of the molecule is C=C1CN(Sc2ccc(N(C)C)cc2)CCCN(CC2CCCCC2)CCCN(SN2CCC(n3cccn3)CC2)C1. The van der Waals surface area contributed by atoms with E-state index >= 15 is 0 Å². The molecule has 0 radical (unpaired) electrons. The molecular weight excluding hydrogens is 559 g/mol. The summed E-state index contributed by atoms with van der Waals surface area (Å²) < 4.78 is 9.90. The van der Waals surface area contributed by atoms with Gasteiger partial charge < -0.3 is 9.80 Å². The molecule has 0 spiro atoms. The standard InChI is InChI=1S/C33H53N7S2/c1-29-26-38(41-33-14-12-31(13-15-33)35(2)3)21-8-19-36(28-30-10-5-4-6-11-30)20-9-22-39(27-29)42-37-24-16-32(17-25-37)40-23-7-18-34-40/h7,12-15,18,23,30,32H,1,4-6,8-11,16-17,19-22,24-28H2,2-3H3. The van der Waals surface area contributed by atoms with E-state index in [0.29, 0.717) is 6.04 Å². The molecule has 1 aliphatic carbocycles. The molecule has 2 aromatic rings. The zero-order chi connectivity index (χ0) is 29.1. The minimum Gasteiger partial charge on any atom is -0.378 e. The highest BCUT2D eigenvalue weighted by atomic mass is 32.2. The fourth-order valence-electron chi connectivity index (χ4n) is 6.63. The van der Waals surface area contributed by atoms with Gasteiger partial charge in [-0.3, -0.25) is 4.68 Å². The van der Waals surface area contributed by atoms with E-state index in [0.717, 1.165) is 58.0 Å². The van der Waals surface area contributed by atoms with Gasteiger partial charge in [0, 0.05) is 95.0 Å². The highest BCUT2D eigenvalue weighted by Crippen LogP contribution is 2.30. The molecule has 0 atom stereocenters. The zero-order valence-corrected chi connectivity index (χ0v) is 27.7. The predicted molar refractivity (Wildman–Crippen MR) is 181 cm³/mol. The molecular formula is C33H53N7S2. The molecule has 3 aliphatic rings. The van der Waals surface area contributed by atoms with Crippen molar-refractivity contribution in [1.82, 2.24) is 27.6 Å². The molecule has 2 aliphatic heterocycles. The van der Waals surface area contributed by atoms with Crippen LogP contribution in [0.1, 0.15) is 63.8 Å². The average molecular weight is 612 g/mol. The third-order valence-electron chi connectivity index (χ3n) is 8.95. The van der Waals surface area contributed by atoms with Crippen molar-refractivity contribution in [2.45, 2.75) is 68.7 Å². The number of aromatic nitrogens is 2. The molecule has 1 aromatic heterocycles. The Hall–Kier alpha value is -1.49. The molecule has 0 amide bonds. The normalized spacial score (nSPS) is 22.6. The van der Waals surface area contributed by atoms with Crippen molar-refractivity contribution in [1.29, 1.82) is 0 Å². The van der Waals surface area contributed by atoms with E-state index in [1.807, 2.05) is 36.3 Å². The van der Waals surface area contributed by atoms with Crippen molar-refractivity contribution in [3.8, 4) is 0 Å². The molecule has 42 heavy (non-hydrogen) atoms. The average Bonchev–Trinajstić information content (AvgIpc) is 3.53. The molecule has 0 N–H and O–H groups in total. The Morgan fingerprint density at radius 3 is 2.17 bits per heavy atom. The molecule has 5 rings (SSSR count). The minimum absolute atomic E-state index is 0.531. The smallest absolute Gasteiger partial charge is 0.0544 e. The van der Waals surface area contributed by atoms with Crippen molar-refractivity contribution >= 4 is 29.8 Å². The summed E-state index contributed by atoms with van der Waals surface area (Å²) >= 11 is 3.87. The lowest BCUT2D eigenvalue weighted by Gasteiger charge is -2.36. The number of hydrogen-bond acceptors (Lipinski definition) is 8. The second-order valence-electron chi connectivity index (χ2n) is 12.7. The summed E-state index contributed by atoms with van der Waals surface area (Å²) in [6.45, 7) is 14.6. The number of rotatable bonds is 8. The fraction of sp³-hybridized carbons (Fsp3) is 0.667. The van der Waals surface area contributed by atoms with E-state index in [1.54, 1.807) is 0 Å². The second kappa shape index (κ2) is 16.5. The van der Waals surface area contributed by atoms with Gasteiger partial charge in [-0.25, -0.2) is 12.9 Å². The van der Waals surface area contributed by atoms with Crippen LogP contribution in [0.3, 0.4) is 0 Å². The summed E-state index contributed by atoms with van der Waals surface area (Å²) in [6.07, 6.45) is 15.9. The predicted octanol–water partition coefficient (Wildman–Crippen LogP) is 6.69. The minimum atomic E-state index is 0.531. The van der Waals surface area contributed by atoms with Crippen LogP contribution in [0.15, 0.2) is 59.8 Å². The third-order valence-corrected chi connectivity index (χ3v) is 11.1. The lowest BCUT2D eigenvalue weighted by Crippen LogP contribution is -2.38. The van der Waals surface area contributed by atoms with Gasteiger partial charge in [0.05, 0.1) is 6.04 Å². The number of anilines is 1. The Labute approximate surface area is 264 Å². The Kier molecular flexibility index (Phi) is 12.6. The molecule has 3 heterocycles. The fourth-order valence-corrected chi connectivity index (χ4v) is 8.80. The van der Waals surface area contributed by atoms with E-state index < -0.39 is 0 Å². The molecule has 3 fully saturated rings. The second-order valence-corrected chi connectivity index (χ2v) is 15.1. The number of nitrogens with zero attached hydrogens (tertiary/aromatic N) is 7. The molecule has 7 nitrogen and oxygen atoms in total. The Balaban J connectivity index is 1.21. The van der Waals surface area contributed by atoms with Crippen molar-refractivity contribution in [2.24, 2.45) is 5.92 Å². The first kappa shape index (κ1) is 31.9. The topological polar surface area (TPSA) is 34.0 Å². The summed E-state index contributed by atoms with van der Waals surface area (Å²) in [7, 11) is 4.21. The molecule has 1 saturated carbocycles. The molecule has 0 bridgehead atoms. The van der Waals surface area contributed by atoms with Gasteiger partial charge in [-0.2, -0.15) is 5.10 Å². The van der Waals surface area contributed by atoms with E-state index in [1.165, 1.54) is 80.7 Å². The maximum atomic E-state index is 4.60. The van der Waals surface area contributed by atoms with E-state index in [2.05, 4.69) is 83.6 Å². The van der Waals surface area contributed by atoms with Gasteiger partial charge in [0.1, 0.15) is 0 Å². The van der Waals surface area contributed by atoms with E-state index in [4.69, 9.17) is 0 Å². The van der Waals surface area contributed by atoms with Crippen LogP contribution < -0.4 is 4.90 Å². The van der Waals surface area contributed by atoms with Crippen LogP contribution in [0, 0.1) is 5.92 Å². The number of piperidine rings is 1. The molecule has 1 aromatic carbocycles. The lowest BCUT2D eigenvalue weighted by molar-refractivity contribution is 0.189. The highest BCUT2D eigenvalue weighted by molar-refractivity contribution is 7.97. The van der Waals surface area contributed by atoms with Crippen LogP contribution in [-0.4, -0.2) is 101 Å². The Morgan fingerprint density at radius 2 is 1.50 bits per heavy atom. The largest absolute Gasteiger partial charge is 0.378 e. The van der Waals surface area contributed by atoms with Crippen LogP contribution in [0.2, 0.25) is 0 Å². The van der Waals surface area contributed by atoms with Gasteiger partial charge in [-0.05, 0) is 105 Å². The van der Waals surface area contributed by atoms with E-state index in [-0.39, 0.29) is 0 Å². The van der Waals surface area contributed by atoms with E-state index in [9.17, 15) is 0 Å². The third kappa shape index (κ3) is 10.0. The summed E-state index contributed by atoms with van der Waals surface area (Å²) in [5, 5.41) is 4.50. The van der Waals surface area contributed by atoms with Crippen LogP contribution in [0.5, 0.6) is 0 Å². The monoisotopic (exact) mass is 611 g/mol. The molecule has 0 unspecified atom stereocenters.